The third-order valence-corrected chi connectivity index (χ3v) is 7.89. The minimum atomic E-state index is -3.24. The van der Waals surface area contributed by atoms with Gasteiger partial charge < -0.3 is 19.1 Å². The van der Waals surface area contributed by atoms with E-state index < -0.39 is 15.9 Å². The maximum Gasteiger partial charge on any atom is 0.241 e. The van der Waals surface area contributed by atoms with Crippen LogP contribution in [0.4, 0.5) is 5.69 Å². The first-order chi connectivity index (χ1) is 15.3. The number of ether oxygens (including phenoxy) is 3. The molecule has 2 aliphatic heterocycles. The van der Waals surface area contributed by atoms with Gasteiger partial charge in [-0.1, -0.05) is 6.07 Å². The van der Waals surface area contributed by atoms with Crippen molar-refractivity contribution in [2.24, 2.45) is 0 Å². The summed E-state index contributed by atoms with van der Waals surface area (Å²) in [6.45, 7) is 0.754. The number of benzene rings is 2. The van der Waals surface area contributed by atoms with Gasteiger partial charge in [-0.3, -0.25) is 9.69 Å². The van der Waals surface area contributed by atoms with Crippen LogP contribution in [0.1, 0.15) is 5.56 Å². The second kappa shape index (κ2) is 8.99. The molecule has 0 bridgehead atoms. The predicted molar refractivity (Wildman–Crippen MR) is 122 cm³/mol. The Labute approximate surface area is 188 Å². The molecule has 1 amide bonds. The minimum Gasteiger partial charge on any atom is -0.497 e. The average molecular weight is 461 g/mol. The Hall–Kier alpha value is -2.78. The first kappa shape index (κ1) is 22.4. The Morgan fingerprint density at radius 2 is 1.59 bits per heavy atom. The maximum atomic E-state index is 13.1. The van der Waals surface area contributed by atoms with Crippen molar-refractivity contribution in [2.75, 3.05) is 50.8 Å². The summed E-state index contributed by atoms with van der Waals surface area (Å²) in [7, 11) is 1.52. The van der Waals surface area contributed by atoms with E-state index in [2.05, 4.69) is 0 Å². The molecule has 0 radical (unpaired) electrons. The first-order valence-corrected chi connectivity index (χ1v) is 12.3. The van der Waals surface area contributed by atoms with E-state index in [-0.39, 0.29) is 30.0 Å². The summed E-state index contributed by atoms with van der Waals surface area (Å²) in [6, 6.07) is 12.3. The van der Waals surface area contributed by atoms with Gasteiger partial charge in [0.2, 0.25) is 5.91 Å². The normalized spacial score (nSPS) is 22.5. The van der Waals surface area contributed by atoms with Crippen LogP contribution in [0.5, 0.6) is 17.2 Å². The molecular weight excluding hydrogens is 432 g/mol. The molecule has 2 aliphatic rings. The number of methoxy groups -OCH3 is 3. The van der Waals surface area contributed by atoms with Crippen molar-refractivity contribution in [2.45, 2.75) is 18.5 Å². The molecule has 0 saturated carbocycles. The number of hydrogen-bond acceptors (Lipinski definition) is 7. The van der Waals surface area contributed by atoms with Crippen molar-refractivity contribution in [1.82, 2.24) is 4.90 Å². The largest absolute Gasteiger partial charge is 0.497 e. The van der Waals surface area contributed by atoms with Crippen molar-refractivity contribution in [3.63, 3.8) is 0 Å². The zero-order valence-electron chi connectivity index (χ0n) is 18.5. The van der Waals surface area contributed by atoms with Crippen LogP contribution in [0, 0.1) is 0 Å². The molecule has 0 aromatic heterocycles. The molecule has 0 N–H and O–H groups in total. The van der Waals surface area contributed by atoms with Crippen molar-refractivity contribution in [1.29, 1.82) is 0 Å². The number of nitrogens with zero attached hydrogens (tertiary/aromatic N) is 2. The summed E-state index contributed by atoms with van der Waals surface area (Å²) in [5.41, 5.74) is 1.73. The van der Waals surface area contributed by atoms with E-state index in [1.54, 1.807) is 50.5 Å². The third kappa shape index (κ3) is 4.40. The number of carbonyl (C=O) groups is 1. The van der Waals surface area contributed by atoms with Crippen molar-refractivity contribution < 1.29 is 27.4 Å². The number of piperazine rings is 1. The summed E-state index contributed by atoms with van der Waals surface area (Å²) >= 11 is 0. The van der Waals surface area contributed by atoms with E-state index >= 15 is 0 Å². The van der Waals surface area contributed by atoms with Crippen LogP contribution in [0.15, 0.2) is 42.5 Å². The lowest BCUT2D eigenvalue weighted by Gasteiger charge is -2.43. The molecule has 8 nitrogen and oxygen atoms in total. The zero-order valence-corrected chi connectivity index (χ0v) is 19.3. The monoisotopic (exact) mass is 460 g/mol. The number of anilines is 1. The fourth-order valence-electron chi connectivity index (χ4n) is 4.59. The smallest absolute Gasteiger partial charge is 0.241 e. The van der Waals surface area contributed by atoms with Crippen LogP contribution in [0.2, 0.25) is 0 Å². The highest BCUT2D eigenvalue weighted by Gasteiger charge is 2.49. The molecular formula is C23H28N2O6S. The molecule has 2 saturated heterocycles. The molecule has 9 heteroatoms. The molecule has 2 aromatic rings. The van der Waals surface area contributed by atoms with Crippen LogP contribution in [-0.2, 0) is 21.1 Å². The van der Waals surface area contributed by atoms with E-state index in [9.17, 15) is 13.2 Å². The Kier molecular flexibility index (Phi) is 6.30. The lowest BCUT2D eigenvalue weighted by molar-refractivity contribution is -0.123. The van der Waals surface area contributed by atoms with Gasteiger partial charge in [-0.2, -0.15) is 0 Å². The van der Waals surface area contributed by atoms with Crippen LogP contribution >= 0.6 is 0 Å². The van der Waals surface area contributed by atoms with Crippen LogP contribution in [0.25, 0.3) is 0 Å². The standard InChI is InChI=1S/C23H28N2O6S/c1-29-18-7-5-17(6-8-18)25-20-15-32(27,28)14-19(20)24(13-23(25)26)11-10-16-4-9-21(30-2)22(12-16)31-3/h4-9,12,19-20H,10-11,13-15H2,1-3H3/t19-,20-/m1/s1. The van der Waals surface area contributed by atoms with E-state index in [1.807, 2.05) is 23.1 Å². The Bertz CT molecular complexity index is 1090. The molecule has 2 aromatic carbocycles. The second-order valence-corrected chi connectivity index (χ2v) is 10.2. The number of sulfone groups is 1. The maximum absolute atomic E-state index is 13.1. The number of rotatable bonds is 7. The number of carbonyl (C=O) groups excluding carboxylic acids is 1. The highest BCUT2D eigenvalue weighted by Crippen LogP contribution is 2.33. The van der Waals surface area contributed by atoms with Gasteiger partial charge >= 0.3 is 0 Å². The lowest BCUT2D eigenvalue weighted by atomic mass is 10.0. The first-order valence-electron chi connectivity index (χ1n) is 10.5. The molecule has 2 fully saturated rings. The van der Waals surface area contributed by atoms with Crippen molar-refractivity contribution >= 4 is 21.4 Å². The fourth-order valence-corrected chi connectivity index (χ4v) is 6.57. The second-order valence-electron chi connectivity index (χ2n) is 8.08. The number of amides is 1. The number of fused-ring (bicyclic) bond motifs is 1. The minimum absolute atomic E-state index is 0.0255. The van der Waals surface area contributed by atoms with E-state index in [0.29, 0.717) is 35.9 Å². The summed E-state index contributed by atoms with van der Waals surface area (Å²) in [5.74, 6) is 1.92. The van der Waals surface area contributed by atoms with E-state index in [4.69, 9.17) is 14.2 Å². The van der Waals surface area contributed by atoms with Gasteiger partial charge in [-0.15, -0.1) is 0 Å². The van der Waals surface area contributed by atoms with Crippen molar-refractivity contribution in [3.05, 3.63) is 48.0 Å². The molecule has 0 unspecified atom stereocenters. The predicted octanol–water partition coefficient (Wildman–Crippen LogP) is 1.77. The fraction of sp³-hybridized carbons (Fsp3) is 0.435. The average Bonchev–Trinajstić information content (AvgIpc) is 3.12. The van der Waals surface area contributed by atoms with Gasteiger partial charge in [0.15, 0.2) is 21.3 Å². The third-order valence-electron chi connectivity index (χ3n) is 6.19. The SMILES string of the molecule is COc1ccc(N2C(=O)CN(CCc3ccc(OC)c(OC)c3)[C@@H]3CS(=O)(=O)C[C@H]32)cc1. The Morgan fingerprint density at radius 3 is 2.25 bits per heavy atom. The summed E-state index contributed by atoms with van der Waals surface area (Å²) in [4.78, 5) is 16.8. The van der Waals surface area contributed by atoms with Gasteiger partial charge in [0.25, 0.3) is 0 Å². The highest BCUT2D eigenvalue weighted by atomic mass is 32.2. The molecule has 32 heavy (non-hydrogen) atoms. The highest BCUT2D eigenvalue weighted by molar-refractivity contribution is 7.91. The summed E-state index contributed by atoms with van der Waals surface area (Å²) in [5, 5.41) is 0. The molecule has 0 spiro atoms. The van der Waals surface area contributed by atoms with Crippen LogP contribution in [-0.4, -0.2) is 77.2 Å². The van der Waals surface area contributed by atoms with Gasteiger partial charge in [0.05, 0.1) is 45.4 Å². The molecule has 172 valence electrons. The molecule has 0 aliphatic carbocycles. The van der Waals surface area contributed by atoms with Gasteiger partial charge in [-0.25, -0.2) is 8.42 Å². The molecule has 2 atom stereocenters. The zero-order chi connectivity index (χ0) is 22.9. The number of hydrogen-bond donors (Lipinski definition) is 0. The Balaban J connectivity index is 1.54. The molecule has 4 rings (SSSR count). The summed E-state index contributed by atoms with van der Waals surface area (Å²) in [6.07, 6.45) is 0.666. The van der Waals surface area contributed by atoms with Gasteiger partial charge in [-0.05, 0) is 48.4 Å². The van der Waals surface area contributed by atoms with E-state index in [1.165, 1.54) is 0 Å². The Morgan fingerprint density at radius 1 is 0.906 bits per heavy atom. The quantitative estimate of drug-likeness (QED) is 0.623. The van der Waals surface area contributed by atoms with Gasteiger partial charge in [0.1, 0.15) is 5.75 Å². The lowest BCUT2D eigenvalue weighted by Crippen LogP contribution is -2.62. The van der Waals surface area contributed by atoms with Gasteiger partial charge in [0, 0.05) is 18.3 Å². The van der Waals surface area contributed by atoms with E-state index in [0.717, 1.165) is 5.56 Å². The van der Waals surface area contributed by atoms with Crippen molar-refractivity contribution in [3.8, 4) is 17.2 Å². The summed E-state index contributed by atoms with van der Waals surface area (Å²) < 4.78 is 40.9. The van der Waals surface area contributed by atoms with Crippen LogP contribution in [0.3, 0.4) is 0 Å². The topological polar surface area (TPSA) is 85.4 Å². The van der Waals surface area contributed by atoms with Crippen LogP contribution < -0.4 is 19.1 Å². The molecule has 2 heterocycles.